The van der Waals surface area contributed by atoms with Crippen LogP contribution >= 0.6 is 0 Å². The fourth-order valence-electron chi connectivity index (χ4n) is 4.69. The van der Waals surface area contributed by atoms with Gasteiger partial charge in [0.2, 0.25) is 17.7 Å². The molecule has 2 aromatic rings. The maximum Gasteiger partial charge on any atom is 0.329 e. The Bertz CT molecular complexity index is 1230. The molecule has 1 aliphatic heterocycles. The van der Waals surface area contributed by atoms with Crippen molar-refractivity contribution >= 4 is 23.7 Å². The first kappa shape index (κ1) is 30.4. The minimum Gasteiger partial charge on any atom is -0.460 e. The fourth-order valence-corrected chi connectivity index (χ4v) is 4.69. The number of benzene rings is 2. The first-order valence-electron chi connectivity index (χ1n) is 13.8. The van der Waals surface area contributed by atoms with Crippen molar-refractivity contribution < 1.29 is 23.9 Å². The minimum absolute atomic E-state index is 0.0577. The zero-order valence-corrected chi connectivity index (χ0v) is 23.3. The van der Waals surface area contributed by atoms with Crippen LogP contribution < -0.4 is 16.0 Å². The second-order valence-corrected chi connectivity index (χ2v) is 10.4. The molecule has 0 radical (unpaired) electrons. The van der Waals surface area contributed by atoms with Gasteiger partial charge in [-0.1, -0.05) is 75.2 Å². The van der Waals surface area contributed by atoms with E-state index in [1.807, 2.05) is 37.3 Å². The molecular formula is C31H38N4O5. The fraction of sp³-hybridized carbons (Fsp3) is 0.452. The molecule has 0 unspecified atom stereocenters. The quantitative estimate of drug-likeness (QED) is 0.436. The van der Waals surface area contributed by atoms with Crippen LogP contribution in [0.1, 0.15) is 63.1 Å². The summed E-state index contributed by atoms with van der Waals surface area (Å²) in [6.07, 6.45) is 1.96. The van der Waals surface area contributed by atoms with Crippen LogP contribution in [0.2, 0.25) is 0 Å². The lowest BCUT2D eigenvalue weighted by molar-refractivity contribution is -0.157. The number of carbonyl (C=O) groups excluding carboxylic acids is 4. The van der Waals surface area contributed by atoms with E-state index in [9.17, 15) is 24.4 Å². The van der Waals surface area contributed by atoms with E-state index in [0.717, 1.165) is 24.8 Å². The Labute approximate surface area is 235 Å². The lowest BCUT2D eigenvalue weighted by Crippen LogP contribution is -2.55. The van der Waals surface area contributed by atoms with Crippen LogP contribution in [-0.2, 0) is 36.8 Å². The number of nitriles is 1. The summed E-state index contributed by atoms with van der Waals surface area (Å²) >= 11 is 0. The highest BCUT2D eigenvalue weighted by atomic mass is 16.5. The third kappa shape index (κ3) is 8.67. The molecule has 40 heavy (non-hydrogen) atoms. The van der Waals surface area contributed by atoms with Gasteiger partial charge in [0, 0.05) is 12.8 Å². The normalized spacial score (nSPS) is 23.1. The maximum atomic E-state index is 13.4. The molecule has 212 valence electrons. The van der Waals surface area contributed by atoms with Gasteiger partial charge in [-0.25, -0.2) is 4.79 Å². The van der Waals surface area contributed by atoms with Crippen molar-refractivity contribution in [1.29, 1.82) is 5.26 Å². The average Bonchev–Trinajstić information content (AvgIpc) is 2.95. The third-order valence-electron chi connectivity index (χ3n) is 7.15. The molecular weight excluding hydrogens is 508 g/mol. The number of hydrogen-bond donors (Lipinski definition) is 3. The van der Waals surface area contributed by atoms with Crippen molar-refractivity contribution in [3.05, 3.63) is 71.3 Å². The molecule has 3 rings (SSSR count). The summed E-state index contributed by atoms with van der Waals surface area (Å²) in [6, 6.07) is 15.2. The summed E-state index contributed by atoms with van der Waals surface area (Å²) in [5.74, 6) is -2.33. The second kappa shape index (κ2) is 14.8. The van der Waals surface area contributed by atoms with Crippen LogP contribution in [0.25, 0.3) is 0 Å². The zero-order valence-electron chi connectivity index (χ0n) is 23.3. The Hall–Kier alpha value is -4.19. The molecule has 3 amide bonds. The number of cyclic esters (lactones) is 1. The predicted octanol–water partition coefficient (Wildman–Crippen LogP) is 2.96. The van der Waals surface area contributed by atoms with E-state index in [4.69, 9.17) is 4.74 Å². The summed E-state index contributed by atoms with van der Waals surface area (Å²) < 4.78 is 5.92. The van der Waals surface area contributed by atoms with Crippen molar-refractivity contribution in [2.24, 2.45) is 5.92 Å². The van der Waals surface area contributed by atoms with E-state index in [0.29, 0.717) is 11.1 Å². The van der Waals surface area contributed by atoms with Crippen LogP contribution in [0.5, 0.6) is 0 Å². The number of ether oxygens (including phenoxy) is 1. The van der Waals surface area contributed by atoms with Crippen LogP contribution in [0.4, 0.5) is 0 Å². The molecule has 2 aromatic carbocycles. The predicted molar refractivity (Wildman–Crippen MR) is 150 cm³/mol. The van der Waals surface area contributed by atoms with Crippen molar-refractivity contribution in [2.75, 3.05) is 0 Å². The van der Waals surface area contributed by atoms with Crippen LogP contribution in [0.3, 0.4) is 0 Å². The smallest absolute Gasteiger partial charge is 0.329 e. The Kier molecular flexibility index (Phi) is 11.2. The largest absolute Gasteiger partial charge is 0.460 e. The molecule has 1 saturated heterocycles. The van der Waals surface area contributed by atoms with Gasteiger partial charge in [-0.05, 0) is 36.5 Å². The van der Waals surface area contributed by atoms with Crippen LogP contribution in [0.15, 0.2) is 54.6 Å². The molecule has 9 heteroatoms. The van der Waals surface area contributed by atoms with Gasteiger partial charge in [-0.15, -0.1) is 0 Å². The minimum atomic E-state index is -1.04. The van der Waals surface area contributed by atoms with Gasteiger partial charge in [0.05, 0.1) is 18.1 Å². The molecule has 3 N–H and O–H groups in total. The highest BCUT2D eigenvalue weighted by Crippen LogP contribution is 2.20. The summed E-state index contributed by atoms with van der Waals surface area (Å²) in [6.45, 7) is 5.50. The molecule has 0 aromatic heterocycles. The summed E-state index contributed by atoms with van der Waals surface area (Å²) in [5.41, 5.74) is 1.81. The lowest BCUT2D eigenvalue weighted by atomic mass is 9.94. The summed E-state index contributed by atoms with van der Waals surface area (Å²) in [4.78, 5) is 53.1. The molecule has 1 heterocycles. The molecule has 9 nitrogen and oxygen atoms in total. The van der Waals surface area contributed by atoms with Gasteiger partial charge in [-0.2, -0.15) is 5.26 Å². The summed E-state index contributed by atoms with van der Waals surface area (Å²) in [5, 5.41) is 17.7. The number of esters is 1. The number of unbranched alkanes of at least 4 members (excludes halogenated alkanes) is 1. The Morgan fingerprint density at radius 1 is 0.925 bits per heavy atom. The highest BCUT2D eigenvalue weighted by Gasteiger charge is 2.33. The molecule has 0 bridgehead atoms. The van der Waals surface area contributed by atoms with Gasteiger partial charge in [0.1, 0.15) is 24.2 Å². The number of hydrogen-bond acceptors (Lipinski definition) is 6. The van der Waals surface area contributed by atoms with Gasteiger partial charge in [0.25, 0.3) is 0 Å². The van der Waals surface area contributed by atoms with E-state index < -0.39 is 47.9 Å². The highest BCUT2D eigenvalue weighted by molar-refractivity contribution is 5.94. The van der Waals surface area contributed by atoms with Gasteiger partial charge < -0.3 is 20.7 Å². The standard InChI is InChI=1S/C31H38N4O5/c1-4-5-11-20(2)27-18-28(36)34-25(17-23-14-9-10-15-24(23)19-32)30(38)33-21(3)29(37)35-26(31(39)40-27)16-22-12-7-6-8-13-22/h6-10,12-15,20-21,25-27H,4-5,11,16-18H2,1-3H3,(H,33,38)(H,34,36)(H,35,37)/t20-,21-,25+,26+,27-/m0/s1. The molecule has 0 saturated carbocycles. The second-order valence-electron chi connectivity index (χ2n) is 10.4. The molecule has 0 aliphatic carbocycles. The summed E-state index contributed by atoms with van der Waals surface area (Å²) in [7, 11) is 0. The zero-order chi connectivity index (χ0) is 29.1. The number of nitrogens with zero attached hydrogens (tertiary/aromatic N) is 1. The SMILES string of the molecule is CCCC[C@H](C)[C@@H]1CC(=O)N[C@H](Cc2ccccc2C#N)C(=O)N[C@@H](C)C(=O)N[C@H](Cc2ccccc2)C(=O)O1. The van der Waals surface area contributed by atoms with Crippen molar-refractivity contribution in [1.82, 2.24) is 16.0 Å². The topological polar surface area (TPSA) is 137 Å². The van der Waals surface area contributed by atoms with Crippen molar-refractivity contribution in [2.45, 2.75) is 83.5 Å². The number of amides is 3. The Morgan fingerprint density at radius 3 is 2.33 bits per heavy atom. The number of carbonyl (C=O) groups is 4. The van der Waals surface area contributed by atoms with E-state index in [-0.39, 0.29) is 25.2 Å². The lowest BCUT2D eigenvalue weighted by Gasteiger charge is -2.27. The van der Waals surface area contributed by atoms with Gasteiger partial charge in [-0.3, -0.25) is 14.4 Å². The maximum absolute atomic E-state index is 13.4. The number of nitrogens with one attached hydrogen (secondary N) is 3. The van der Waals surface area contributed by atoms with E-state index >= 15 is 0 Å². The first-order valence-corrected chi connectivity index (χ1v) is 13.8. The van der Waals surface area contributed by atoms with Crippen molar-refractivity contribution in [3.8, 4) is 6.07 Å². The van der Waals surface area contributed by atoms with E-state index in [1.54, 1.807) is 24.3 Å². The Balaban J connectivity index is 1.93. The van der Waals surface area contributed by atoms with E-state index in [1.165, 1.54) is 6.92 Å². The van der Waals surface area contributed by atoms with Gasteiger partial charge >= 0.3 is 5.97 Å². The van der Waals surface area contributed by atoms with Crippen molar-refractivity contribution in [3.63, 3.8) is 0 Å². The van der Waals surface area contributed by atoms with Crippen LogP contribution in [-0.4, -0.2) is 47.9 Å². The van der Waals surface area contributed by atoms with Gasteiger partial charge in [0.15, 0.2) is 0 Å². The number of rotatable bonds is 8. The third-order valence-corrected chi connectivity index (χ3v) is 7.15. The molecule has 1 aliphatic rings. The molecule has 0 spiro atoms. The monoisotopic (exact) mass is 546 g/mol. The average molecular weight is 547 g/mol. The Morgan fingerprint density at radius 2 is 1.62 bits per heavy atom. The molecule has 1 fully saturated rings. The molecule has 5 atom stereocenters. The van der Waals surface area contributed by atoms with Crippen LogP contribution in [0, 0.1) is 17.2 Å². The first-order chi connectivity index (χ1) is 19.2. The van der Waals surface area contributed by atoms with E-state index in [2.05, 4.69) is 28.9 Å².